The van der Waals surface area contributed by atoms with Crippen molar-refractivity contribution in [2.24, 2.45) is 0 Å². The third kappa shape index (κ3) is 5.08. The second-order valence-electron chi connectivity index (χ2n) is 7.90. The fraction of sp³-hybridized carbons (Fsp3) is 0.304. The zero-order valence-corrected chi connectivity index (χ0v) is 18.5. The van der Waals surface area contributed by atoms with E-state index in [1.54, 1.807) is 24.3 Å². The molecule has 0 aliphatic carbocycles. The molecule has 0 bridgehead atoms. The highest BCUT2D eigenvalue weighted by atomic mass is 32.2. The van der Waals surface area contributed by atoms with Crippen LogP contribution in [0, 0.1) is 11.3 Å². The Morgan fingerprint density at radius 2 is 1.77 bits per heavy atom. The number of amides is 1. The smallest absolute Gasteiger partial charge is 0.234 e. The minimum Gasteiger partial charge on any atom is -0.325 e. The van der Waals surface area contributed by atoms with Crippen LogP contribution >= 0.6 is 11.8 Å². The van der Waals surface area contributed by atoms with Crippen LogP contribution < -0.4 is 5.32 Å². The first-order valence-electron chi connectivity index (χ1n) is 9.78. The van der Waals surface area contributed by atoms with Gasteiger partial charge < -0.3 is 9.88 Å². The van der Waals surface area contributed by atoms with Gasteiger partial charge in [-0.05, 0) is 42.2 Å². The summed E-state index contributed by atoms with van der Waals surface area (Å²) >= 11 is 1.35. The van der Waals surface area contributed by atoms with Crippen LogP contribution in [0.5, 0.6) is 0 Å². The molecule has 3 aromatic rings. The fourth-order valence-corrected chi connectivity index (χ4v) is 3.77. The SMILES string of the molecule is CCn1c(SCC(=O)Nc2ccc(C#N)cc2)nnc1-c1ccc(C(C)(C)C)cc1. The number of nitrogens with one attached hydrogen (secondary N) is 1. The molecule has 1 aromatic heterocycles. The van der Waals surface area contributed by atoms with Gasteiger partial charge in [0.05, 0.1) is 17.4 Å². The normalized spacial score (nSPS) is 11.2. The molecule has 1 heterocycles. The van der Waals surface area contributed by atoms with E-state index in [2.05, 4.69) is 66.6 Å². The van der Waals surface area contributed by atoms with Gasteiger partial charge in [0.25, 0.3) is 0 Å². The second-order valence-corrected chi connectivity index (χ2v) is 8.85. The third-order valence-electron chi connectivity index (χ3n) is 4.67. The number of benzene rings is 2. The molecule has 0 aliphatic heterocycles. The summed E-state index contributed by atoms with van der Waals surface area (Å²) in [6, 6.07) is 17.2. The van der Waals surface area contributed by atoms with E-state index in [1.807, 2.05) is 11.5 Å². The van der Waals surface area contributed by atoms with Crippen molar-refractivity contribution in [3.05, 3.63) is 59.7 Å². The maximum Gasteiger partial charge on any atom is 0.234 e. The van der Waals surface area contributed by atoms with Gasteiger partial charge >= 0.3 is 0 Å². The molecule has 6 nitrogen and oxygen atoms in total. The maximum absolute atomic E-state index is 12.3. The van der Waals surface area contributed by atoms with E-state index in [0.717, 1.165) is 11.4 Å². The topological polar surface area (TPSA) is 83.6 Å². The summed E-state index contributed by atoms with van der Waals surface area (Å²) < 4.78 is 2.02. The molecule has 0 aliphatic rings. The van der Waals surface area contributed by atoms with Crippen LogP contribution in [0.1, 0.15) is 38.8 Å². The van der Waals surface area contributed by atoms with Crippen LogP contribution in [0.2, 0.25) is 0 Å². The van der Waals surface area contributed by atoms with Crippen molar-refractivity contribution in [1.82, 2.24) is 14.8 Å². The average Bonchev–Trinajstić information content (AvgIpc) is 3.15. The van der Waals surface area contributed by atoms with E-state index < -0.39 is 0 Å². The van der Waals surface area contributed by atoms with Crippen LogP contribution in [0.4, 0.5) is 5.69 Å². The number of hydrogen-bond acceptors (Lipinski definition) is 5. The summed E-state index contributed by atoms with van der Waals surface area (Å²) in [7, 11) is 0. The summed E-state index contributed by atoms with van der Waals surface area (Å²) in [6.45, 7) is 9.32. The molecular formula is C23H25N5OS. The second kappa shape index (κ2) is 9.14. The molecule has 3 rings (SSSR count). The van der Waals surface area contributed by atoms with E-state index in [9.17, 15) is 4.79 Å². The molecule has 0 fully saturated rings. The third-order valence-corrected chi connectivity index (χ3v) is 5.64. The molecule has 0 saturated carbocycles. The minimum absolute atomic E-state index is 0.0975. The molecule has 2 aromatic carbocycles. The van der Waals surface area contributed by atoms with Gasteiger partial charge in [-0.3, -0.25) is 4.79 Å². The first kappa shape index (κ1) is 21.6. The van der Waals surface area contributed by atoms with Crippen LogP contribution in [-0.2, 0) is 16.8 Å². The van der Waals surface area contributed by atoms with Gasteiger partial charge in [0.1, 0.15) is 0 Å². The van der Waals surface area contributed by atoms with Gasteiger partial charge in [-0.15, -0.1) is 10.2 Å². The van der Waals surface area contributed by atoms with Gasteiger partial charge in [-0.2, -0.15) is 5.26 Å². The number of rotatable bonds is 6. The Bertz CT molecular complexity index is 1060. The van der Waals surface area contributed by atoms with Gasteiger partial charge in [0.15, 0.2) is 11.0 Å². The number of anilines is 1. The number of hydrogen-bond donors (Lipinski definition) is 1. The number of carbonyl (C=O) groups excluding carboxylic acids is 1. The number of nitrogens with zero attached hydrogens (tertiary/aromatic N) is 4. The largest absolute Gasteiger partial charge is 0.325 e. The van der Waals surface area contributed by atoms with Crippen molar-refractivity contribution >= 4 is 23.4 Å². The number of carbonyl (C=O) groups is 1. The molecule has 154 valence electrons. The van der Waals surface area contributed by atoms with Gasteiger partial charge in [-0.25, -0.2) is 0 Å². The summed E-state index contributed by atoms with van der Waals surface area (Å²) in [5.74, 6) is 0.889. The van der Waals surface area contributed by atoms with E-state index >= 15 is 0 Å². The standard InChI is InChI=1S/C23H25N5OS/c1-5-28-21(17-8-10-18(11-9-17)23(2,3)4)26-27-22(28)30-15-20(29)25-19-12-6-16(14-24)7-13-19/h6-13H,5,15H2,1-4H3,(H,25,29). The zero-order valence-electron chi connectivity index (χ0n) is 17.6. The van der Waals surface area contributed by atoms with E-state index in [1.165, 1.54) is 17.3 Å². The average molecular weight is 420 g/mol. The summed E-state index contributed by atoms with van der Waals surface area (Å²) in [6.07, 6.45) is 0. The first-order valence-corrected chi connectivity index (χ1v) is 10.8. The minimum atomic E-state index is -0.133. The summed E-state index contributed by atoms with van der Waals surface area (Å²) in [5.41, 5.74) is 3.59. The van der Waals surface area contributed by atoms with Crippen LogP contribution in [-0.4, -0.2) is 26.4 Å². The molecule has 1 amide bonds. The van der Waals surface area contributed by atoms with Crippen molar-refractivity contribution in [2.75, 3.05) is 11.1 Å². The van der Waals surface area contributed by atoms with E-state index in [4.69, 9.17) is 5.26 Å². The fourth-order valence-electron chi connectivity index (χ4n) is 2.97. The van der Waals surface area contributed by atoms with Crippen molar-refractivity contribution < 1.29 is 4.79 Å². The Hall–Kier alpha value is -3.11. The van der Waals surface area contributed by atoms with Crippen molar-refractivity contribution in [3.8, 4) is 17.5 Å². The monoisotopic (exact) mass is 419 g/mol. The van der Waals surface area contributed by atoms with Gasteiger partial charge in [0, 0.05) is 17.8 Å². The first-order chi connectivity index (χ1) is 14.3. The summed E-state index contributed by atoms with van der Waals surface area (Å²) in [4.78, 5) is 12.3. The molecule has 0 radical (unpaired) electrons. The molecule has 0 saturated heterocycles. The quantitative estimate of drug-likeness (QED) is 0.577. The van der Waals surface area contributed by atoms with Crippen LogP contribution in [0.15, 0.2) is 53.7 Å². The molecule has 7 heteroatoms. The Morgan fingerprint density at radius 3 is 2.33 bits per heavy atom. The molecule has 1 N–H and O–H groups in total. The lowest BCUT2D eigenvalue weighted by atomic mass is 9.87. The van der Waals surface area contributed by atoms with Gasteiger partial charge in [-0.1, -0.05) is 56.8 Å². The highest BCUT2D eigenvalue weighted by Crippen LogP contribution is 2.27. The Morgan fingerprint density at radius 1 is 1.10 bits per heavy atom. The Balaban J connectivity index is 1.68. The maximum atomic E-state index is 12.3. The van der Waals surface area contributed by atoms with Crippen LogP contribution in [0.25, 0.3) is 11.4 Å². The lowest BCUT2D eigenvalue weighted by Gasteiger charge is -2.19. The number of aromatic nitrogens is 3. The molecular weight excluding hydrogens is 394 g/mol. The number of thioether (sulfide) groups is 1. The molecule has 0 unspecified atom stereocenters. The molecule has 0 spiro atoms. The zero-order chi connectivity index (χ0) is 21.7. The van der Waals surface area contributed by atoms with Crippen molar-refractivity contribution in [2.45, 2.75) is 44.8 Å². The summed E-state index contributed by atoms with van der Waals surface area (Å²) in [5, 5.41) is 21.0. The van der Waals surface area contributed by atoms with E-state index in [-0.39, 0.29) is 17.1 Å². The van der Waals surface area contributed by atoms with E-state index in [0.29, 0.717) is 23.0 Å². The van der Waals surface area contributed by atoms with Gasteiger partial charge in [0.2, 0.25) is 5.91 Å². The van der Waals surface area contributed by atoms with Crippen LogP contribution in [0.3, 0.4) is 0 Å². The highest BCUT2D eigenvalue weighted by molar-refractivity contribution is 7.99. The predicted octanol–water partition coefficient (Wildman–Crippen LogP) is 4.86. The Labute approximate surface area is 181 Å². The highest BCUT2D eigenvalue weighted by Gasteiger charge is 2.17. The predicted molar refractivity (Wildman–Crippen MR) is 120 cm³/mol. The lowest BCUT2D eigenvalue weighted by Crippen LogP contribution is -2.14. The number of nitriles is 1. The Kier molecular flexibility index (Phi) is 6.58. The van der Waals surface area contributed by atoms with Crippen molar-refractivity contribution in [1.29, 1.82) is 5.26 Å². The van der Waals surface area contributed by atoms with Crippen molar-refractivity contribution in [3.63, 3.8) is 0 Å². The lowest BCUT2D eigenvalue weighted by molar-refractivity contribution is -0.113. The molecule has 0 atom stereocenters. The molecule has 30 heavy (non-hydrogen) atoms.